The Morgan fingerprint density at radius 3 is 2.77 bits per heavy atom. The van der Waals surface area contributed by atoms with Crippen LogP contribution < -0.4 is 14.2 Å². The molecule has 158 valence electrons. The van der Waals surface area contributed by atoms with Crippen molar-refractivity contribution in [2.45, 2.75) is 24.8 Å². The molecule has 0 amide bonds. The van der Waals surface area contributed by atoms with E-state index in [2.05, 4.69) is 40.7 Å². The fourth-order valence-corrected chi connectivity index (χ4v) is 6.43. The number of benzene rings is 2. The Morgan fingerprint density at radius 1 is 1.23 bits per heavy atom. The van der Waals surface area contributed by atoms with Crippen molar-refractivity contribution in [3.8, 4) is 5.75 Å². The number of rotatable bonds is 7. The Bertz CT molecular complexity index is 1220. The maximum Gasteiger partial charge on any atom is 0.265 e. The molecule has 2 heterocycles. The van der Waals surface area contributed by atoms with E-state index in [0.717, 1.165) is 43.1 Å². The molecule has 9 heteroatoms. The topological polar surface area (TPSA) is 70.7 Å². The lowest BCUT2D eigenvalue weighted by Crippen LogP contribution is -2.36. The van der Waals surface area contributed by atoms with E-state index in [1.807, 2.05) is 24.3 Å². The van der Waals surface area contributed by atoms with Gasteiger partial charge in [0.1, 0.15) is 10.4 Å². The Hall–Kier alpha value is -2.07. The summed E-state index contributed by atoms with van der Waals surface area (Å²) in [5.41, 5.74) is 2.23. The van der Waals surface area contributed by atoms with Crippen molar-refractivity contribution in [3.05, 3.63) is 52.5 Å². The van der Waals surface area contributed by atoms with E-state index >= 15 is 0 Å². The van der Waals surface area contributed by atoms with Gasteiger partial charge in [-0.2, -0.15) is 13.0 Å². The molecule has 1 aliphatic rings. The number of hydrogen-bond acceptors (Lipinski definition) is 6. The van der Waals surface area contributed by atoms with Crippen molar-refractivity contribution < 1.29 is 22.3 Å². The van der Waals surface area contributed by atoms with Crippen LogP contribution in [-0.2, 0) is 16.7 Å². The summed E-state index contributed by atoms with van der Waals surface area (Å²) in [5, 5.41) is 2.17. The van der Waals surface area contributed by atoms with Crippen molar-refractivity contribution in [2.75, 3.05) is 24.3 Å². The van der Waals surface area contributed by atoms with Gasteiger partial charge in [-0.25, -0.2) is 0 Å². The van der Waals surface area contributed by atoms with Gasteiger partial charge < -0.3 is 9.64 Å². The average molecular weight is 464 g/mol. The van der Waals surface area contributed by atoms with E-state index in [1.54, 1.807) is 30.2 Å². The molecule has 30 heavy (non-hydrogen) atoms. The van der Waals surface area contributed by atoms with Gasteiger partial charge in [0.2, 0.25) is 5.52 Å². The fraction of sp³-hybridized carbons (Fsp3) is 0.286. The summed E-state index contributed by atoms with van der Waals surface area (Å²) in [6, 6.07) is 14.2. The zero-order valence-corrected chi connectivity index (χ0v) is 19.2. The summed E-state index contributed by atoms with van der Waals surface area (Å²) in [5.74, 6) is 0.585. The van der Waals surface area contributed by atoms with E-state index in [0.29, 0.717) is 13.0 Å². The summed E-state index contributed by atoms with van der Waals surface area (Å²) >= 11 is 3.38. The number of ether oxygens (including phenoxy) is 1. The van der Waals surface area contributed by atoms with Gasteiger partial charge in [-0.15, -0.1) is 0 Å². The first-order chi connectivity index (χ1) is 14.4. The molecular weight excluding hydrogens is 440 g/mol. The SMILES string of the molecule is CCN1/C(=C/c2sc3ccccc3[n+]2CCCS(=O)(=O)O)Sc2cc(OC)ccc21. The number of fused-ring (bicyclic) bond motifs is 2. The first-order valence-electron chi connectivity index (χ1n) is 9.61. The summed E-state index contributed by atoms with van der Waals surface area (Å²) < 4.78 is 40.1. The van der Waals surface area contributed by atoms with Crippen LogP contribution >= 0.6 is 23.1 Å². The summed E-state index contributed by atoms with van der Waals surface area (Å²) in [6.45, 7) is 3.48. The number of para-hydroxylation sites is 1. The molecule has 0 fully saturated rings. The minimum atomic E-state index is -3.97. The second-order valence-corrected chi connectivity index (χ2v) is 10.6. The number of anilines is 1. The molecule has 0 aliphatic carbocycles. The summed E-state index contributed by atoms with van der Waals surface area (Å²) in [6.07, 6.45) is 2.52. The number of nitrogens with zero attached hydrogens (tertiary/aromatic N) is 2. The molecule has 1 N–H and O–H groups in total. The van der Waals surface area contributed by atoms with Gasteiger partial charge in [-0.3, -0.25) is 4.55 Å². The lowest BCUT2D eigenvalue weighted by Gasteiger charge is -2.17. The highest BCUT2D eigenvalue weighted by Gasteiger charge is 2.27. The van der Waals surface area contributed by atoms with Crippen LogP contribution in [0.4, 0.5) is 5.69 Å². The van der Waals surface area contributed by atoms with Crippen molar-refractivity contribution in [1.29, 1.82) is 0 Å². The van der Waals surface area contributed by atoms with Gasteiger partial charge >= 0.3 is 0 Å². The smallest absolute Gasteiger partial charge is 0.265 e. The minimum absolute atomic E-state index is 0.249. The summed E-state index contributed by atoms with van der Waals surface area (Å²) in [7, 11) is -2.30. The van der Waals surface area contributed by atoms with Crippen LogP contribution in [0.5, 0.6) is 5.75 Å². The number of aromatic nitrogens is 1. The highest BCUT2D eigenvalue weighted by atomic mass is 32.2. The maximum absolute atomic E-state index is 11.2. The molecule has 0 unspecified atom stereocenters. The molecule has 0 radical (unpaired) electrons. The van der Waals surface area contributed by atoms with E-state index in [1.165, 1.54) is 0 Å². The van der Waals surface area contributed by atoms with E-state index in [9.17, 15) is 8.42 Å². The van der Waals surface area contributed by atoms with E-state index in [4.69, 9.17) is 9.29 Å². The fourth-order valence-electron chi connectivity index (χ4n) is 3.55. The Balaban J connectivity index is 1.72. The van der Waals surface area contributed by atoms with Crippen molar-refractivity contribution in [3.63, 3.8) is 0 Å². The van der Waals surface area contributed by atoms with E-state index < -0.39 is 10.1 Å². The molecule has 2 aromatic carbocycles. The zero-order chi connectivity index (χ0) is 21.3. The van der Waals surface area contributed by atoms with Crippen LogP contribution in [0.3, 0.4) is 0 Å². The Morgan fingerprint density at radius 2 is 2.03 bits per heavy atom. The largest absolute Gasteiger partial charge is 0.497 e. The monoisotopic (exact) mass is 463 g/mol. The van der Waals surface area contributed by atoms with Crippen LogP contribution in [0.15, 0.2) is 52.4 Å². The molecule has 0 saturated heterocycles. The molecular formula is C21H23N2O4S3+. The molecule has 1 aromatic heterocycles. The van der Waals surface area contributed by atoms with Crippen LogP contribution in [0.1, 0.15) is 18.4 Å². The van der Waals surface area contributed by atoms with E-state index in [-0.39, 0.29) is 5.75 Å². The second-order valence-electron chi connectivity index (χ2n) is 6.86. The van der Waals surface area contributed by atoms with Crippen LogP contribution in [0, 0.1) is 0 Å². The number of aryl methyl sites for hydroxylation is 1. The second kappa shape index (κ2) is 8.58. The Labute approximate surface area is 184 Å². The van der Waals surface area contributed by atoms with Gasteiger partial charge in [-0.05, 0) is 31.2 Å². The highest BCUT2D eigenvalue weighted by Crippen LogP contribution is 2.48. The third-order valence-electron chi connectivity index (χ3n) is 4.92. The molecule has 6 nitrogen and oxygen atoms in total. The molecule has 3 aromatic rings. The molecule has 0 spiro atoms. The van der Waals surface area contributed by atoms with Gasteiger partial charge in [0.15, 0.2) is 6.54 Å². The molecule has 0 bridgehead atoms. The first kappa shape index (κ1) is 21.2. The minimum Gasteiger partial charge on any atom is -0.497 e. The van der Waals surface area contributed by atoms with Crippen LogP contribution in [0.2, 0.25) is 0 Å². The lowest BCUT2D eigenvalue weighted by molar-refractivity contribution is -0.668. The highest BCUT2D eigenvalue weighted by molar-refractivity contribution is 8.03. The molecule has 0 atom stereocenters. The number of thiazole rings is 1. The van der Waals surface area contributed by atoms with Gasteiger partial charge in [0.05, 0.1) is 29.7 Å². The maximum atomic E-state index is 11.2. The molecule has 4 rings (SSSR count). The number of methoxy groups -OCH3 is 1. The predicted octanol–water partition coefficient (Wildman–Crippen LogP) is 4.41. The number of hydrogen-bond donors (Lipinski definition) is 1. The van der Waals surface area contributed by atoms with Gasteiger partial charge in [0, 0.05) is 23.9 Å². The quantitative estimate of drug-likeness (QED) is 0.414. The van der Waals surface area contributed by atoms with Gasteiger partial charge in [-0.1, -0.05) is 35.2 Å². The predicted molar refractivity (Wildman–Crippen MR) is 123 cm³/mol. The zero-order valence-electron chi connectivity index (χ0n) is 16.7. The van der Waals surface area contributed by atoms with Crippen molar-refractivity contribution in [1.82, 2.24) is 0 Å². The average Bonchev–Trinajstić information content (AvgIpc) is 3.24. The first-order valence-corrected chi connectivity index (χ1v) is 12.9. The van der Waals surface area contributed by atoms with Crippen LogP contribution in [-0.4, -0.2) is 32.4 Å². The van der Waals surface area contributed by atoms with Crippen molar-refractivity contribution >= 4 is 55.2 Å². The molecule has 1 aliphatic heterocycles. The normalized spacial score (nSPS) is 15.2. The standard InChI is InChI=1S/C21H22N2O4S3/c1-3-22-17-10-9-15(27-2)13-19(17)29-20(22)14-21-23(11-6-12-30(24,25)26)16-7-4-5-8-18(16)28-21/h4-5,7-10,13-14H,3,6,11-12H2,1-2H3/p+1. The van der Waals surface area contributed by atoms with Crippen molar-refractivity contribution in [2.24, 2.45) is 0 Å². The molecule has 0 saturated carbocycles. The lowest BCUT2D eigenvalue weighted by atomic mass is 10.2. The van der Waals surface area contributed by atoms with Gasteiger partial charge in [0.25, 0.3) is 15.1 Å². The Kier molecular flexibility index (Phi) is 6.06. The third-order valence-corrected chi connectivity index (χ3v) is 7.93. The number of thioether (sulfide) groups is 1. The van der Waals surface area contributed by atoms with Crippen LogP contribution in [0.25, 0.3) is 16.3 Å². The third kappa shape index (κ3) is 4.34. The summed E-state index contributed by atoms with van der Waals surface area (Å²) in [4.78, 5) is 3.42.